The first-order valence-electron chi connectivity index (χ1n) is 6.62. The first-order chi connectivity index (χ1) is 9.20. The summed E-state index contributed by atoms with van der Waals surface area (Å²) in [4.78, 5) is 11.6. The number of nitrogens with two attached hydrogens (primary N) is 1. The van der Waals surface area contributed by atoms with E-state index in [0.717, 1.165) is 5.56 Å². The molecule has 5 nitrogen and oxygen atoms in total. The van der Waals surface area contributed by atoms with E-state index in [1.165, 1.54) is 0 Å². The lowest BCUT2D eigenvalue weighted by Crippen LogP contribution is -2.35. The average molecular weight is 280 g/mol. The number of benzene rings is 1. The van der Waals surface area contributed by atoms with E-state index in [0.29, 0.717) is 12.2 Å². The maximum Gasteiger partial charge on any atom is 0.412 e. The van der Waals surface area contributed by atoms with Gasteiger partial charge in [-0.1, -0.05) is 19.1 Å². The van der Waals surface area contributed by atoms with Crippen molar-refractivity contribution in [2.45, 2.75) is 38.7 Å². The molecule has 0 bridgehead atoms. The number of hydrogen-bond donors (Lipinski definition) is 3. The van der Waals surface area contributed by atoms with Gasteiger partial charge < -0.3 is 15.6 Å². The third-order valence-corrected chi connectivity index (χ3v) is 3.03. The Morgan fingerprint density at radius 2 is 1.80 bits per heavy atom. The number of amides is 1. The molecule has 1 aromatic rings. The zero-order valence-corrected chi connectivity index (χ0v) is 12.6. The number of nitrogens with one attached hydrogen (secondary N) is 1. The Bertz CT molecular complexity index is 445. The lowest BCUT2D eigenvalue weighted by molar-refractivity contribution is 0.0636. The predicted molar refractivity (Wildman–Crippen MR) is 79.8 cm³/mol. The number of aliphatic hydroxyl groups excluding tert-OH is 1. The fraction of sp³-hybridized carbons (Fsp3) is 0.533. The zero-order valence-electron chi connectivity index (χ0n) is 12.6. The van der Waals surface area contributed by atoms with Gasteiger partial charge in [-0.25, -0.2) is 4.79 Å². The van der Waals surface area contributed by atoms with Crippen molar-refractivity contribution in [3.8, 4) is 0 Å². The standard InChI is InChI=1S/C15H24N2O3/c1-14(2,3)20-13(19)17-12-7-5-11(6-8-12)15(4,9-16)10-18/h5-8,18H,9-10,16H2,1-4H3,(H,17,19). The summed E-state index contributed by atoms with van der Waals surface area (Å²) in [7, 11) is 0. The van der Waals surface area contributed by atoms with E-state index < -0.39 is 17.1 Å². The van der Waals surface area contributed by atoms with Gasteiger partial charge in [-0.15, -0.1) is 0 Å². The van der Waals surface area contributed by atoms with Crippen LogP contribution < -0.4 is 11.1 Å². The van der Waals surface area contributed by atoms with Crippen LogP contribution in [0.4, 0.5) is 10.5 Å². The second-order valence-electron chi connectivity index (χ2n) is 6.13. The fourth-order valence-corrected chi connectivity index (χ4v) is 1.65. The molecule has 0 aromatic heterocycles. The number of rotatable bonds is 4. The van der Waals surface area contributed by atoms with Crippen LogP contribution in [-0.4, -0.2) is 30.0 Å². The zero-order chi connectivity index (χ0) is 15.4. The van der Waals surface area contributed by atoms with Gasteiger partial charge in [0.2, 0.25) is 0 Å². The summed E-state index contributed by atoms with van der Waals surface area (Å²) in [6.07, 6.45) is -0.492. The summed E-state index contributed by atoms with van der Waals surface area (Å²) in [6, 6.07) is 7.22. The molecule has 1 aromatic carbocycles. The van der Waals surface area contributed by atoms with Crippen molar-refractivity contribution in [2.24, 2.45) is 5.73 Å². The Hall–Kier alpha value is -1.59. The van der Waals surface area contributed by atoms with Crippen molar-refractivity contribution in [2.75, 3.05) is 18.5 Å². The minimum Gasteiger partial charge on any atom is -0.444 e. The summed E-state index contributed by atoms with van der Waals surface area (Å²) in [5.74, 6) is 0. The van der Waals surface area contributed by atoms with E-state index in [4.69, 9.17) is 10.5 Å². The second-order valence-corrected chi connectivity index (χ2v) is 6.13. The Morgan fingerprint density at radius 1 is 1.25 bits per heavy atom. The Morgan fingerprint density at radius 3 is 2.20 bits per heavy atom. The third kappa shape index (κ3) is 4.51. The van der Waals surface area contributed by atoms with Crippen molar-refractivity contribution >= 4 is 11.8 Å². The first-order valence-corrected chi connectivity index (χ1v) is 6.62. The van der Waals surface area contributed by atoms with Crippen LogP contribution in [0.2, 0.25) is 0 Å². The summed E-state index contributed by atoms with van der Waals surface area (Å²) in [5.41, 5.74) is 6.26. The molecule has 0 aliphatic rings. The van der Waals surface area contributed by atoms with Gasteiger partial charge in [0, 0.05) is 17.6 Å². The molecule has 1 amide bonds. The van der Waals surface area contributed by atoms with Crippen LogP contribution in [0.1, 0.15) is 33.3 Å². The molecule has 4 N–H and O–H groups in total. The van der Waals surface area contributed by atoms with E-state index in [-0.39, 0.29) is 6.61 Å². The number of aliphatic hydroxyl groups is 1. The molecular weight excluding hydrogens is 256 g/mol. The van der Waals surface area contributed by atoms with E-state index in [2.05, 4.69) is 5.32 Å². The number of hydrogen-bond acceptors (Lipinski definition) is 4. The molecule has 112 valence electrons. The van der Waals surface area contributed by atoms with Crippen LogP contribution in [0.5, 0.6) is 0 Å². The van der Waals surface area contributed by atoms with Gasteiger partial charge in [-0.3, -0.25) is 5.32 Å². The van der Waals surface area contributed by atoms with Crippen LogP contribution in [0, 0.1) is 0 Å². The van der Waals surface area contributed by atoms with Crippen LogP contribution in [0.15, 0.2) is 24.3 Å². The smallest absolute Gasteiger partial charge is 0.412 e. The fourth-order valence-electron chi connectivity index (χ4n) is 1.65. The van der Waals surface area contributed by atoms with Crippen LogP contribution in [0.3, 0.4) is 0 Å². The monoisotopic (exact) mass is 280 g/mol. The highest BCUT2D eigenvalue weighted by Crippen LogP contribution is 2.23. The number of ether oxygens (including phenoxy) is 1. The molecule has 20 heavy (non-hydrogen) atoms. The number of anilines is 1. The molecule has 0 aliphatic carbocycles. The molecule has 0 spiro atoms. The van der Waals surface area contributed by atoms with E-state index in [9.17, 15) is 9.90 Å². The molecule has 1 rings (SSSR count). The lowest BCUT2D eigenvalue weighted by Gasteiger charge is -2.26. The quantitative estimate of drug-likeness (QED) is 0.789. The van der Waals surface area contributed by atoms with E-state index in [1.54, 1.807) is 12.1 Å². The highest BCUT2D eigenvalue weighted by atomic mass is 16.6. The number of carbonyl (C=O) groups excluding carboxylic acids is 1. The second kappa shape index (κ2) is 6.24. The summed E-state index contributed by atoms with van der Waals surface area (Å²) in [6.45, 7) is 7.64. The van der Waals surface area contributed by atoms with Gasteiger partial charge >= 0.3 is 6.09 Å². The van der Waals surface area contributed by atoms with Crippen LogP contribution in [0.25, 0.3) is 0 Å². The third-order valence-electron chi connectivity index (χ3n) is 3.03. The molecule has 5 heteroatoms. The molecule has 1 atom stereocenters. The number of carbonyl (C=O) groups is 1. The minimum atomic E-state index is -0.529. The first kappa shape index (κ1) is 16.5. The van der Waals surface area contributed by atoms with Gasteiger partial charge in [-0.05, 0) is 38.5 Å². The topological polar surface area (TPSA) is 84.6 Å². The molecule has 0 saturated carbocycles. The molecule has 0 aliphatic heterocycles. The van der Waals surface area contributed by atoms with Crippen molar-refractivity contribution in [3.05, 3.63) is 29.8 Å². The average Bonchev–Trinajstić information content (AvgIpc) is 2.36. The van der Waals surface area contributed by atoms with Gasteiger partial charge in [-0.2, -0.15) is 0 Å². The molecular formula is C15H24N2O3. The summed E-state index contributed by atoms with van der Waals surface area (Å²) < 4.78 is 5.17. The van der Waals surface area contributed by atoms with Crippen LogP contribution >= 0.6 is 0 Å². The summed E-state index contributed by atoms with van der Waals surface area (Å²) in [5, 5.41) is 12.1. The normalized spacial score (nSPS) is 14.5. The van der Waals surface area contributed by atoms with Gasteiger partial charge in [0.1, 0.15) is 5.60 Å². The molecule has 1 unspecified atom stereocenters. The van der Waals surface area contributed by atoms with E-state index in [1.807, 2.05) is 39.8 Å². The SMILES string of the molecule is CC(C)(C)OC(=O)Nc1ccc(C(C)(CN)CO)cc1. The van der Waals surface area contributed by atoms with Crippen molar-refractivity contribution in [3.63, 3.8) is 0 Å². The predicted octanol–water partition coefficient (Wildman–Crippen LogP) is 2.24. The maximum atomic E-state index is 11.6. The molecule has 0 radical (unpaired) electrons. The van der Waals surface area contributed by atoms with Crippen molar-refractivity contribution in [1.29, 1.82) is 0 Å². The largest absolute Gasteiger partial charge is 0.444 e. The minimum absolute atomic E-state index is 0.0255. The van der Waals surface area contributed by atoms with E-state index >= 15 is 0 Å². The molecule has 0 fully saturated rings. The van der Waals surface area contributed by atoms with Crippen molar-refractivity contribution in [1.82, 2.24) is 0 Å². The van der Waals surface area contributed by atoms with Gasteiger partial charge in [0.25, 0.3) is 0 Å². The molecule has 0 heterocycles. The highest BCUT2D eigenvalue weighted by molar-refractivity contribution is 5.84. The van der Waals surface area contributed by atoms with Gasteiger partial charge in [0.05, 0.1) is 6.61 Å². The Kier molecular flexibility index (Phi) is 5.14. The van der Waals surface area contributed by atoms with Crippen LogP contribution in [-0.2, 0) is 10.2 Å². The maximum absolute atomic E-state index is 11.6. The Balaban J connectivity index is 2.75. The molecule has 0 saturated heterocycles. The lowest BCUT2D eigenvalue weighted by atomic mass is 9.83. The van der Waals surface area contributed by atoms with Gasteiger partial charge in [0.15, 0.2) is 0 Å². The van der Waals surface area contributed by atoms with Crippen molar-refractivity contribution < 1.29 is 14.6 Å². The highest BCUT2D eigenvalue weighted by Gasteiger charge is 2.24. The Labute approximate surface area is 120 Å². The summed E-state index contributed by atoms with van der Waals surface area (Å²) >= 11 is 0.